The van der Waals surface area contributed by atoms with Crippen LogP contribution in [0.15, 0.2) is 53.6 Å². The van der Waals surface area contributed by atoms with Gasteiger partial charge < -0.3 is 10.4 Å². The molecule has 0 spiro atoms. The summed E-state index contributed by atoms with van der Waals surface area (Å²) < 4.78 is 0. The number of carbonyl (C=O) groups is 1. The van der Waals surface area contributed by atoms with Gasteiger partial charge in [0.1, 0.15) is 5.75 Å². The van der Waals surface area contributed by atoms with Crippen LogP contribution in [-0.2, 0) is 4.79 Å². The molecule has 2 aromatic carbocycles. The fourth-order valence-electron chi connectivity index (χ4n) is 1.73. The van der Waals surface area contributed by atoms with E-state index in [1.54, 1.807) is 18.2 Å². The second-order valence-corrected chi connectivity index (χ2v) is 4.58. The maximum atomic E-state index is 11.6. The maximum absolute atomic E-state index is 11.6. The van der Waals surface area contributed by atoms with Crippen molar-refractivity contribution in [1.29, 1.82) is 0 Å². The Morgan fingerprint density at radius 1 is 1.24 bits per heavy atom. The summed E-state index contributed by atoms with van der Waals surface area (Å²) in [4.78, 5) is 11.6. The van der Waals surface area contributed by atoms with E-state index in [0.717, 1.165) is 11.3 Å². The highest BCUT2D eigenvalue weighted by molar-refractivity contribution is 5.86. The number of benzene rings is 2. The molecule has 0 atom stereocenters. The van der Waals surface area contributed by atoms with Crippen molar-refractivity contribution in [3.05, 3.63) is 59.7 Å². The number of rotatable bonds is 5. The van der Waals surface area contributed by atoms with E-state index in [0.29, 0.717) is 5.56 Å². The first kappa shape index (κ1) is 14.6. The van der Waals surface area contributed by atoms with Gasteiger partial charge in [0.2, 0.25) is 0 Å². The lowest BCUT2D eigenvalue weighted by Gasteiger charge is -2.04. The van der Waals surface area contributed by atoms with E-state index in [1.165, 1.54) is 6.21 Å². The van der Waals surface area contributed by atoms with Crippen molar-refractivity contribution in [1.82, 2.24) is 5.43 Å². The molecule has 21 heavy (non-hydrogen) atoms. The van der Waals surface area contributed by atoms with Crippen molar-refractivity contribution in [2.75, 3.05) is 11.9 Å². The Morgan fingerprint density at radius 3 is 2.76 bits per heavy atom. The average Bonchev–Trinajstić information content (AvgIpc) is 2.50. The fourth-order valence-corrected chi connectivity index (χ4v) is 1.73. The third-order valence-electron chi connectivity index (χ3n) is 2.80. The molecular weight excluding hydrogens is 266 g/mol. The zero-order valence-electron chi connectivity index (χ0n) is 11.7. The van der Waals surface area contributed by atoms with Crippen LogP contribution in [0.3, 0.4) is 0 Å². The smallest absolute Gasteiger partial charge is 0.259 e. The number of amides is 1. The van der Waals surface area contributed by atoms with Crippen LogP contribution in [0.2, 0.25) is 0 Å². The first-order chi connectivity index (χ1) is 10.1. The normalized spacial score (nSPS) is 10.5. The molecule has 0 saturated heterocycles. The zero-order chi connectivity index (χ0) is 15.1. The number of hydrogen-bond acceptors (Lipinski definition) is 4. The molecule has 0 bridgehead atoms. The zero-order valence-corrected chi connectivity index (χ0v) is 11.7. The third-order valence-corrected chi connectivity index (χ3v) is 2.80. The van der Waals surface area contributed by atoms with E-state index in [-0.39, 0.29) is 18.2 Å². The molecule has 108 valence electrons. The molecule has 1 amide bonds. The van der Waals surface area contributed by atoms with Crippen molar-refractivity contribution in [2.45, 2.75) is 6.92 Å². The molecule has 0 unspecified atom stereocenters. The van der Waals surface area contributed by atoms with Gasteiger partial charge in [-0.25, -0.2) is 5.43 Å². The minimum Gasteiger partial charge on any atom is -0.507 e. The van der Waals surface area contributed by atoms with Crippen molar-refractivity contribution < 1.29 is 9.90 Å². The highest BCUT2D eigenvalue weighted by Crippen LogP contribution is 2.15. The number of phenols is 1. The summed E-state index contributed by atoms with van der Waals surface area (Å²) in [5, 5.41) is 16.4. The molecule has 0 saturated carbocycles. The van der Waals surface area contributed by atoms with Crippen LogP contribution in [0, 0.1) is 6.92 Å². The van der Waals surface area contributed by atoms with Crippen LogP contribution in [0.5, 0.6) is 5.75 Å². The van der Waals surface area contributed by atoms with Gasteiger partial charge >= 0.3 is 0 Å². The molecule has 0 aliphatic heterocycles. The van der Waals surface area contributed by atoms with E-state index in [9.17, 15) is 9.90 Å². The molecule has 0 aliphatic rings. The highest BCUT2D eigenvalue weighted by Gasteiger charge is 2.00. The molecule has 0 aliphatic carbocycles. The largest absolute Gasteiger partial charge is 0.507 e. The van der Waals surface area contributed by atoms with Gasteiger partial charge in [-0.3, -0.25) is 4.79 Å². The lowest BCUT2D eigenvalue weighted by atomic mass is 10.1. The number of para-hydroxylation sites is 1. The first-order valence-electron chi connectivity index (χ1n) is 6.55. The summed E-state index contributed by atoms with van der Waals surface area (Å²) in [7, 11) is 0. The van der Waals surface area contributed by atoms with E-state index in [1.807, 2.05) is 37.3 Å². The Balaban J connectivity index is 1.83. The Bertz CT molecular complexity index is 639. The summed E-state index contributed by atoms with van der Waals surface area (Å²) in [5.41, 5.74) is 4.84. The molecule has 2 aromatic rings. The van der Waals surface area contributed by atoms with Gasteiger partial charge in [0.25, 0.3) is 5.91 Å². The van der Waals surface area contributed by atoms with Crippen molar-refractivity contribution >= 4 is 17.8 Å². The molecule has 0 fully saturated rings. The minimum absolute atomic E-state index is 0.126. The average molecular weight is 283 g/mol. The number of aromatic hydroxyl groups is 1. The van der Waals surface area contributed by atoms with Crippen molar-refractivity contribution in [2.24, 2.45) is 5.10 Å². The Hall–Kier alpha value is -2.82. The molecule has 2 rings (SSSR count). The standard InChI is InChI=1S/C16H17N3O2/c1-12-7-8-15(20)13(9-12)10-18-19-16(21)11-17-14-5-3-2-4-6-14/h2-10,17,20H,11H2,1H3,(H,19,21). The lowest BCUT2D eigenvalue weighted by Crippen LogP contribution is -2.25. The molecule has 0 heterocycles. The van der Waals surface area contributed by atoms with E-state index in [4.69, 9.17) is 0 Å². The molecule has 0 aromatic heterocycles. The predicted molar refractivity (Wildman–Crippen MR) is 83.5 cm³/mol. The second-order valence-electron chi connectivity index (χ2n) is 4.58. The first-order valence-corrected chi connectivity index (χ1v) is 6.55. The van der Waals surface area contributed by atoms with Gasteiger partial charge in [-0.2, -0.15) is 5.10 Å². The summed E-state index contributed by atoms with van der Waals surface area (Å²) in [6.07, 6.45) is 1.42. The van der Waals surface area contributed by atoms with Crippen LogP contribution in [0.25, 0.3) is 0 Å². The van der Waals surface area contributed by atoms with E-state index >= 15 is 0 Å². The number of anilines is 1. The predicted octanol–water partition coefficient (Wildman–Crippen LogP) is 2.26. The van der Waals surface area contributed by atoms with Gasteiger partial charge in [-0.15, -0.1) is 0 Å². The topological polar surface area (TPSA) is 73.7 Å². The van der Waals surface area contributed by atoms with Gasteiger partial charge in [0.05, 0.1) is 12.8 Å². The van der Waals surface area contributed by atoms with Crippen LogP contribution in [-0.4, -0.2) is 23.8 Å². The molecule has 5 heteroatoms. The number of nitrogens with one attached hydrogen (secondary N) is 2. The van der Waals surface area contributed by atoms with E-state index < -0.39 is 0 Å². The van der Waals surface area contributed by atoms with Gasteiger partial charge in [0.15, 0.2) is 0 Å². The number of aryl methyl sites for hydroxylation is 1. The fraction of sp³-hybridized carbons (Fsp3) is 0.125. The van der Waals surface area contributed by atoms with Gasteiger partial charge in [0, 0.05) is 11.3 Å². The summed E-state index contributed by atoms with van der Waals surface area (Å²) in [5.74, 6) is -0.136. The summed E-state index contributed by atoms with van der Waals surface area (Å²) >= 11 is 0. The number of nitrogens with zero attached hydrogens (tertiary/aromatic N) is 1. The molecular formula is C16H17N3O2. The number of carbonyl (C=O) groups excluding carboxylic acids is 1. The molecule has 3 N–H and O–H groups in total. The van der Waals surface area contributed by atoms with Crippen LogP contribution in [0.1, 0.15) is 11.1 Å². The van der Waals surface area contributed by atoms with Gasteiger partial charge in [-0.1, -0.05) is 29.8 Å². The van der Waals surface area contributed by atoms with Crippen LogP contribution < -0.4 is 10.7 Å². The van der Waals surface area contributed by atoms with Crippen molar-refractivity contribution in [3.63, 3.8) is 0 Å². The summed E-state index contributed by atoms with van der Waals surface area (Å²) in [6.45, 7) is 2.04. The van der Waals surface area contributed by atoms with Crippen LogP contribution in [0.4, 0.5) is 5.69 Å². The number of hydrogen-bond donors (Lipinski definition) is 3. The molecule has 0 radical (unpaired) electrons. The number of hydrazone groups is 1. The monoisotopic (exact) mass is 283 g/mol. The summed E-state index contributed by atoms with van der Waals surface area (Å²) in [6, 6.07) is 14.6. The third kappa shape index (κ3) is 4.65. The van der Waals surface area contributed by atoms with Crippen molar-refractivity contribution in [3.8, 4) is 5.75 Å². The SMILES string of the molecule is Cc1ccc(O)c(C=NNC(=O)CNc2ccccc2)c1. The quantitative estimate of drug-likeness (QED) is 0.582. The van der Waals surface area contributed by atoms with Gasteiger partial charge in [-0.05, 0) is 31.2 Å². The van der Waals surface area contributed by atoms with E-state index in [2.05, 4.69) is 15.8 Å². The number of phenolic OH excluding ortho intramolecular Hbond substituents is 1. The Morgan fingerprint density at radius 2 is 2.00 bits per heavy atom. The Labute approximate surface area is 123 Å². The second kappa shape index (κ2) is 7.09. The highest BCUT2D eigenvalue weighted by atomic mass is 16.3. The lowest BCUT2D eigenvalue weighted by molar-refractivity contribution is -0.119. The maximum Gasteiger partial charge on any atom is 0.259 e. The van der Waals surface area contributed by atoms with Crippen LogP contribution >= 0.6 is 0 Å². The minimum atomic E-state index is -0.262. The Kier molecular flexibility index (Phi) is 4.93. The molecule has 5 nitrogen and oxygen atoms in total.